The van der Waals surface area contributed by atoms with Gasteiger partial charge in [-0.1, -0.05) is 17.7 Å². The second-order valence-electron chi connectivity index (χ2n) is 5.22. The molecule has 0 aliphatic carbocycles. The lowest BCUT2D eigenvalue weighted by atomic mass is 9.83. The van der Waals surface area contributed by atoms with Gasteiger partial charge in [-0.05, 0) is 32.9 Å². The van der Waals surface area contributed by atoms with Crippen LogP contribution in [0.25, 0.3) is 0 Å². The minimum absolute atomic E-state index is 0.190. The number of hydrogen-bond donors (Lipinski definition) is 2. The van der Waals surface area contributed by atoms with Gasteiger partial charge in [-0.25, -0.2) is 4.39 Å². The quantitative estimate of drug-likeness (QED) is 0.879. The number of rotatable bonds is 5. The Morgan fingerprint density at radius 1 is 1.45 bits per heavy atom. The fraction of sp³-hybridized carbons (Fsp3) is 0.429. The summed E-state index contributed by atoms with van der Waals surface area (Å²) in [6.45, 7) is 4.73. The molecule has 1 amide bonds. The minimum Gasteiger partial charge on any atom is -0.481 e. The molecule has 0 spiro atoms. The fourth-order valence-corrected chi connectivity index (χ4v) is 1.99. The smallest absolute Gasteiger partial charge is 0.305 e. The number of carboxylic acid groups (broad SMARTS) is 1. The second kappa shape index (κ2) is 6.22. The van der Waals surface area contributed by atoms with E-state index >= 15 is 0 Å². The molecule has 0 bridgehead atoms. The second-order valence-corrected chi connectivity index (χ2v) is 5.66. The molecule has 20 heavy (non-hydrogen) atoms. The predicted octanol–water partition coefficient (Wildman–Crippen LogP) is 2.74. The minimum atomic E-state index is -1.12. The first-order chi connectivity index (χ1) is 9.14. The molecule has 0 heterocycles. The van der Waals surface area contributed by atoms with E-state index in [0.29, 0.717) is 0 Å². The van der Waals surface area contributed by atoms with Gasteiger partial charge in [-0.15, -0.1) is 0 Å². The van der Waals surface area contributed by atoms with Gasteiger partial charge in [0.25, 0.3) is 0 Å². The van der Waals surface area contributed by atoms with Gasteiger partial charge in [-0.2, -0.15) is 0 Å². The van der Waals surface area contributed by atoms with Crippen molar-refractivity contribution in [3.05, 3.63) is 34.6 Å². The molecule has 0 aliphatic heterocycles. The van der Waals surface area contributed by atoms with Crippen molar-refractivity contribution in [1.82, 2.24) is 5.32 Å². The molecule has 0 fully saturated rings. The fourth-order valence-electron chi connectivity index (χ4n) is 1.84. The van der Waals surface area contributed by atoms with Crippen LogP contribution in [0.15, 0.2) is 18.2 Å². The summed E-state index contributed by atoms with van der Waals surface area (Å²) in [7, 11) is 0. The average Bonchev–Trinajstić information content (AvgIpc) is 2.26. The first-order valence-corrected chi connectivity index (χ1v) is 6.50. The first kappa shape index (κ1) is 16.4. The van der Waals surface area contributed by atoms with Gasteiger partial charge in [0.05, 0.1) is 11.8 Å². The third-order valence-corrected chi connectivity index (χ3v) is 3.27. The van der Waals surface area contributed by atoms with Gasteiger partial charge < -0.3 is 10.4 Å². The van der Waals surface area contributed by atoms with Crippen molar-refractivity contribution >= 4 is 23.5 Å². The largest absolute Gasteiger partial charge is 0.481 e. The number of benzene rings is 1. The molecule has 0 aromatic heterocycles. The van der Waals surface area contributed by atoms with Gasteiger partial charge in [0.2, 0.25) is 5.91 Å². The number of halogens is 2. The molecular formula is C14H17ClFNO3. The SMILES string of the molecule is CC(CC(=O)O)NC(=O)C(C)(C)c1ccc(Cl)cc1F. The highest BCUT2D eigenvalue weighted by molar-refractivity contribution is 6.30. The molecular weight excluding hydrogens is 285 g/mol. The van der Waals surface area contributed by atoms with Crippen LogP contribution in [-0.4, -0.2) is 23.0 Å². The number of amides is 1. The van der Waals surface area contributed by atoms with Gasteiger partial charge in [0, 0.05) is 16.6 Å². The van der Waals surface area contributed by atoms with E-state index in [0.717, 1.165) is 6.07 Å². The van der Waals surface area contributed by atoms with Gasteiger partial charge >= 0.3 is 5.97 Å². The summed E-state index contributed by atoms with van der Waals surface area (Å²) in [6, 6.07) is 3.58. The van der Waals surface area contributed by atoms with E-state index in [4.69, 9.17) is 16.7 Å². The van der Waals surface area contributed by atoms with Crippen molar-refractivity contribution in [3.63, 3.8) is 0 Å². The molecule has 0 aliphatic rings. The summed E-state index contributed by atoms with van der Waals surface area (Å²) in [5, 5.41) is 11.5. The summed E-state index contributed by atoms with van der Waals surface area (Å²) in [6.07, 6.45) is -0.190. The average molecular weight is 302 g/mol. The van der Waals surface area contributed by atoms with Crippen molar-refractivity contribution in [2.24, 2.45) is 0 Å². The van der Waals surface area contributed by atoms with Crippen LogP contribution in [0.3, 0.4) is 0 Å². The normalized spacial score (nSPS) is 12.8. The molecule has 1 rings (SSSR count). The van der Waals surface area contributed by atoms with Crippen LogP contribution in [0.5, 0.6) is 0 Å². The third kappa shape index (κ3) is 3.93. The van der Waals surface area contributed by atoms with Crippen molar-refractivity contribution in [2.45, 2.75) is 38.6 Å². The first-order valence-electron chi connectivity index (χ1n) is 6.13. The number of nitrogens with one attached hydrogen (secondary N) is 1. The maximum absolute atomic E-state index is 13.9. The lowest BCUT2D eigenvalue weighted by molar-refractivity contribution is -0.137. The zero-order chi connectivity index (χ0) is 15.5. The number of aliphatic carboxylic acids is 1. The van der Waals surface area contributed by atoms with E-state index in [1.54, 1.807) is 20.8 Å². The Hall–Kier alpha value is -1.62. The Morgan fingerprint density at radius 2 is 2.05 bits per heavy atom. The summed E-state index contributed by atoms with van der Waals surface area (Å²) in [5.41, 5.74) is -0.913. The summed E-state index contributed by atoms with van der Waals surface area (Å²) >= 11 is 5.68. The maximum Gasteiger partial charge on any atom is 0.305 e. The standard InChI is InChI=1S/C14H17ClFNO3/c1-8(6-12(18)19)17-13(20)14(2,3)10-5-4-9(15)7-11(10)16/h4-5,7-8H,6H2,1-3H3,(H,17,20)(H,18,19). The summed E-state index contributed by atoms with van der Waals surface area (Å²) in [5.74, 6) is -2.01. The van der Waals surface area contributed by atoms with Crippen molar-refractivity contribution in [1.29, 1.82) is 0 Å². The van der Waals surface area contributed by atoms with E-state index in [9.17, 15) is 14.0 Å². The molecule has 6 heteroatoms. The molecule has 1 aromatic rings. The van der Waals surface area contributed by atoms with Crippen molar-refractivity contribution < 1.29 is 19.1 Å². The maximum atomic E-state index is 13.9. The van der Waals surface area contributed by atoms with Gasteiger partial charge in [0.1, 0.15) is 5.82 Å². The van der Waals surface area contributed by atoms with E-state index < -0.39 is 29.2 Å². The van der Waals surface area contributed by atoms with E-state index in [-0.39, 0.29) is 17.0 Å². The van der Waals surface area contributed by atoms with Crippen LogP contribution in [0.4, 0.5) is 4.39 Å². The Bertz CT molecular complexity index is 531. The molecule has 0 saturated heterocycles. The number of carbonyl (C=O) groups excluding carboxylic acids is 1. The third-order valence-electron chi connectivity index (χ3n) is 3.03. The van der Waals surface area contributed by atoms with Crippen LogP contribution in [-0.2, 0) is 15.0 Å². The van der Waals surface area contributed by atoms with Crippen molar-refractivity contribution in [2.75, 3.05) is 0 Å². The lowest BCUT2D eigenvalue weighted by Gasteiger charge is -2.26. The Kier molecular flexibility index (Phi) is 5.11. The molecule has 110 valence electrons. The number of carboxylic acids is 1. The van der Waals surface area contributed by atoms with Crippen LogP contribution in [0.1, 0.15) is 32.8 Å². The van der Waals surface area contributed by atoms with Gasteiger partial charge in [0.15, 0.2) is 0 Å². The van der Waals surface area contributed by atoms with Crippen LogP contribution >= 0.6 is 11.6 Å². The Labute approximate surface area is 121 Å². The molecule has 1 atom stereocenters. The monoisotopic (exact) mass is 301 g/mol. The zero-order valence-electron chi connectivity index (χ0n) is 11.5. The molecule has 1 unspecified atom stereocenters. The van der Waals surface area contributed by atoms with Crippen LogP contribution in [0.2, 0.25) is 5.02 Å². The molecule has 4 nitrogen and oxygen atoms in total. The highest BCUT2D eigenvalue weighted by Gasteiger charge is 2.33. The highest BCUT2D eigenvalue weighted by atomic mass is 35.5. The number of carbonyl (C=O) groups is 2. The molecule has 0 radical (unpaired) electrons. The topological polar surface area (TPSA) is 66.4 Å². The van der Waals surface area contributed by atoms with Crippen LogP contribution in [0, 0.1) is 5.82 Å². The van der Waals surface area contributed by atoms with Crippen LogP contribution < -0.4 is 5.32 Å². The van der Waals surface area contributed by atoms with E-state index in [1.165, 1.54) is 12.1 Å². The van der Waals surface area contributed by atoms with E-state index in [1.807, 2.05) is 0 Å². The predicted molar refractivity (Wildman–Crippen MR) is 74.3 cm³/mol. The zero-order valence-corrected chi connectivity index (χ0v) is 12.3. The molecule has 1 aromatic carbocycles. The Morgan fingerprint density at radius 3 is 2.55 bits per heavy atom. The number of hydrogen-bond acceptors (Lipinski definition) is 2. The van der Waals surface area contributed by atoms with E-state index in [2.05, 4.69) is 5.32 Å². The molecule has 2 N–H and O–H groups in total. The highest BCUT2D eigenvalue weighted by Crippen LogP contribution is 2.28. The summed E-state index contributed by atoms with van der Waals surface area (Å²) < 4.78 is 13.9. The Balaban J connectivity index is 2.92. The lowest BCUT2D eigenvalue weighted by Crippen LogP contribution is -2.45. The molecule has 0 saturated carbocycles. The van der Waals surface area contributed by atoms with Crippen molar-refractivity contribution in [3.8, 4) is 0 Å². The van der Waals surface area contributed by atoms with Gasteiger partial charge in [-0.3, -0.25) is 9.59 Å². The summed E-state index contributed by atoms with van der Waals surface area (Å²) in [4.78, 5) is 22.8.